The van der Waals surface area contributed by atoms with Gasteiger partial charge in [-0.1, -0.05) is 13.8 Å². The summed E-state index contributed by atoms with van der Waals surface area (Å²) in [5.74, 6) is 1.61. The molecule has 1 saturated heterocycles. The molecular weight excluding hydrogens is 370 g/mol. The zero-order valence-corrected chi connectivity index (χ0v) is 16.5. The molecule has 2 atom stereocenters. The first-order chi connectivity index (χ1) is 14.0. The summed E-state index contributed by atoms with van der Waals surface area (Å²) in [6.07, 6.45) is 5.69. The highest BCUT2D eigenvalue weighted by Crippen LogP contribution is 2.36. The van der Waals surface area contributed by atoms with Crippen LogP contribution < -0.4 is 5.56 Å². The number of aromatic amines is 1. The Hall–Kier alpha value is -3.16. The van der Waals surface area contributed by atoms with Gasteiger partial charge in [0.05, 0.1) is 5.56 Å². The van der Waals surface area contributed by atoms with Crippen molar-refractivity contribution in [3.05, 3.63) is 58.4 Å². The molecule has 29 heavy (non-hydrogen) atoms. The number of hydrogen-bond acceptors (Lipinski definition) is 5. The van der Waals surface area contributed by atoms with E-state index in [0.29, 0.717) is 42.5 Å². The van der Waals surface area contributed by atoms with Crippen LogP contribution in [0.15, 0.2) is 40.1 Å². The van der Waals surface area contributed by atoms with E-state index < -0.39 is 0 Å². The van der Waals surface area contributed by atoms with Crippen LogP contribution in [0.3, 0.4) is 0 Å². The van der Waals surface area contributed by atoms with Gasteiger partial charge in [0, 0.05) is 49.6 Å². The summed E-state index contributed by atoms with van der Waals surface area (Å²) in [7, 11) is 0. The number of rotatable bonds is 3. The molecule has 5 rings (SSSR count). The number of likely N-dealkylation sites (tertiary alicyclic amines) is 1. The number of aromatic nitrogens is 4. The third-order valence-corrected chi connectivity index (χ3v) is 5.97. The molecule has 2 bridgehead atoms. The fourth-order valence-corrected chi connectivity index (χ4v) is 4.68. The lowest BCUT2D eigenvalue weighted by atomic mass is 9.82. The van der Waals surface area contributed by atoms with Gasteiger partial charge in [0.1, 0.15) is 11.6 Å². The summed E-state index contributed by atoms with van der Waals surface area (Å²) < 4.78 is 7.31. The maximum Gasteiger partial charge on any atom is 0.276 e. The molecule has 0 aromatic carbocycles. The molecule has 150 valence electrons. The van der Waals surface area contributed by atoms with Gasteiger partial charge < -0.3 is 18.9 Å². The van der Waals surface area contributed by atoms with Crippen molar-refractivity contribution in [2.45, 2.75) is 38.6 Å². The maximum atomic E-state index is 13.1. The van der Waals surface area contributed by atoms with E-state index in [1.165, 1.54) is 6.39 Å². The normalized spacial score (nSPS) is 20.7. The standard InChI is InChI=1S/C21H23N5O3/c1-12(2)18-17(24-11-29-18)21(28)25-8-13-7-14(10-25)16-4-3-15(19-22-5-6-23-19)20(27)26(16)9-13/h3-6,11-14H,7-10H2,1-2H3,(H,22,23)/t13-,14+/m0/s1. The number of fused-ring (bicyclic) bond motifs is 4. The Morgan fingerprint density at radius 3 is 2.86 bits per heavy atom. The van der Waals surface area contributed by atoms with Gasteiger partial charge in [-0.05, 0) is 24.5 Å². The second-order valence-electron chi connectivity index (χ2n) is 8.25. The molecule has 0 spiro atoms. The predicted octanol–water partition coefficient (Wildman–Crippen LogP) is 2.61. The largest absolute Gasteiger partial charge is 0.447 e. The van der Waals surface area contributed by atoms with E-state index >= 15 is 0 Å². The molecule has 3 aromatic heterocycles. The average Bonchev–Trinajstić information content (AvgIpc) is 3.40. The minimum Gasteiger partial charge on any atom is -0.447 e. The van der Waals surface area contributed by atoms with E-state index in [-0.39, 0.29) is 29.2 Å². The number of imidazole rings is 1. The fraction of sp³-hybridized carbons (Fsp3) is 0.429. The number of piperidine rings is 1. The molecule has 1 N–H and O–H groups in total. The van der Waals surface area contributed by atoms with Gasteiger partial charge in [-0.3, -0.25) is 9.59 Å². The number of pyridine rings is 1. The van der Waals surface area contributed by atoms with Crippen LogP contribution in [0, 0.1) is 5.92 Å². The van der Waals surface area contributed by atoms with Gasteiger partial charge in [0.2, 0.25) is 0 Å². The Bertz CT molecular complexity index is 1110. The highest BCUT2D eigenvalue weighted by Gasteiger charge is 2.38. The molecule has 2 aliphatic heterocycles. The van der Waals surface area contributed by atoms with Gasteiger partial charge in [-0.2, -0.15) is 0 Å². The monoisotopic (exact) mass is 393 g/mol. The Balaban J connectivity index is 1.46. The van der Waals surface area contributed by atoms with Crippen LogP contribution in [0.4, 0.5) is 0 Å². The summed E-state index contributed by atoms with van der Waals surface area (Å²) >= 11 is 0. The van der Waals surface area contributed by atoms with Crippen molar-refractivity contribution < 1.29 is 9.21 Å². The smallest absolute Gasteiger partial charge is 0.276 e. The number of carbonyl (C=O) groups is 1. The highest BCUT2D eigenvalue weighted by molar-refractivity contribution is 5.93. The van der Waals surface area contributed by atoms with Crippen molar-refractivity contribution in [1.82, 2.24) is 24.4 Å². The number of nitrogens with zero attached hydrogens (tertiary/aromatic N) is 4. The fourth-order valence-electron chi connectivity index (χ4n) is 4.68. The lowest BCUT2D eigenvalue weighted by molar-refractivity contribution is 0.0587. The Kier molecular flexibility index (Phi) is 4.15. The van der Waals surface area contributed by atoms with Gasteiger partial charge in [-0.25, -0.2) is 9.97 Å². The van der Waals surface area contributed by atoms with Gasteiger partial charge in [0.25, 0.3) is 11.5 Å². The lowest BCUT2D eigenvalue weighted by Gasteiger charge is -2.42. The minimum atomic E-state index is -0.0832. The number of H-pyrrole nitrogens is 1. The first-order valence-electron chi connectivity index (χ1n) is 9.99. The van der Waals surface area contributed by atoms with Crippen LogP contribution in [0.5, 0.6) is 0 Å². The van der Waals surface area contributed by atoms with E-state index in [9.17, 15) is 9.59 Å². The maximum absolute atomic E-state index is 13.1. The van der Waals surface area contributed by atoms with Crippen LogP contribution in [-0.2, 0) is 6.54 Å². The molecule has 0 unspecified atom stereocenters. The van der Waals surface area contributed by atoms with E-state index in [4.69, 9.17) is 4.42 Å². The van der Waals surface area contributed by atoms with E-state index in [0.717, 1.165) is 12.1 Å². The molecule has 8 nitrogen and oxygen atoms in total. The van der Waals surface area contributed by atoms with Crippen LogP contribution in [-0.4, -0.2) is 43.4 Å². The summed E-state index contributed by atoms with van der Waals surface area (Å²) in [5.41, 5.74) is 1.95. The Labute approximate surface area is 167 Å². The predicted molar refractivity (Wildman–Crippen MR) is 106 cm³/mol. The van der Waals surface area contributed by atoms with Gasteiger partial charge in [0.15, 0.2) is 12.1 Å². The van der Waals surface area contributed by atoms with Crippen molar-refractivity contribution >= 4 is 5.91 Å². The molecule has 0 radical (unpaired) electrons. The number of amides is 1. The molecule has 5 heterocycles. The molecule has 3 aromatic rings. The molecule has 2 aliphatic rings. The first kappa shape index (κ1) is 17.9. The highest BCUT2D eigenvalue weighted by atomic mass is 16.3. The third kappa shape index (κ3) is 2.90. The number of carbonyl (C=O) groups excluding carboxylic acids is 1. The quantitative estimate of drug-likeness (QED) is 0.738. The topological polar surface area (TPSA) is 97.0 Å². The first-order valence-corrected chi connectivity index (χ1v) is 9.99. The number of hydrogen-bond donors (Lipinski definition) is 1. The van der Waals surface area contributed by atoms with Crippen molar-refractivity contribution in [3.8, 4) is 11.4 Å². The van der Waals surface area contributed by atoms with E-state index in [1.54, 1.807) is 12.4 Å². The van der Waals surface area contributed by atoms with E-state index in [1.807, 2.05) is 35.4 Å². The zero-order chi connectivity index (χ0) is 20.1. The number of nitrogens with one attached hydrogen (secondary N) is 1. The molecule has 0 saturated carbocycles. The van der Waals surface area contributed by atoms with Crippen molar-refractivity contribution in [1.29, 1.82) is 0 Å². The van der Waals surface area contributed by atoms with Crippen LogP contribution in [0.2, 0.25) is 0 Å². The third-order valence-electron chi connectivity index (χ3n) is 5.97. The Morgan fingerprint density at radius 1 is 1.24 bits per heavy atom. The molecular formula is C21H23N5O3. The molecule has 1 amide bonds. The van der Waals surface area contributed by atoms with Crippen LogP contribution in [0.1, 0.15) is 54.0 Å². The summed E-state index contributed by atoms with van der Waals surface area (Å²) in [6.45, 7) is 5.79. The van der Waals surface area contributed by atoms with Crippen molar-refractivity contribution in [2.75, 3.05) is 13.1 Å². The van der Waals surface area contributed by atoms with Crippen molar-refractivity contribution in [3.63, 3.8) is 0 Å². The van der Waals surface area contributed by atoms with Crippen LogP contribution >= 0.6 is 0 Å². The summed E-state index contributed by atoms with van der Waals surface area (Å²) in [4.78, 5) is 39.5. The second kappa shape index (κ2) is 6.72. The van der Waals surface area contributed by atoms with Gasteiger partial charge in [-0.15, -0.1) is 0 Å². The van der Waals surface area contributed by atoms with E-state index in [2.05, 4.69) is 15.0 Å². The molecule has 0 aliphatic carbocycles. The zero-order valence-electron chi connectivity index (χ0n) is 16.5. The Morgan fingerprint density at radius 2 is 2.10 bits per heavy atom. The minimum absolute atomic E-state index is 0.0227. The second-order valence-corrected chi connectivity index (χ2v) is 8.25. The molecule has 1 fully saturated rings. The summed E-state index contributed by atoms with van der Waals surface area (Å²) in [6, 6.07) is 3.84. The summed E-state index contributed by atoms with van der Waals surface area (Å²) in [5, 5.41) is 0. The van der Waals surface area contributed by atoms with Crippen molar-refractivity contribution in [2.24, 2.45) is 5.92 Å². The SMILES string of the molecule is CC(C)c1ocnc1C(=O)N1C[C@@H]2C[C@H](C1)c1ccc(-c3ncc[nH]3)c(=O)n1C2. The lowest BCUT2D eigenvalue weighted by Crippen LogP contribution is -2.49. The van der Waals surface area contributed by atoms with Crippen LogP contribution in [0.25, 0.3) is 11.4 Å². The van der Waals surface area contributed by atoms with Gasteiger partial charge >= 0.3 is 0 Å². The average molecular weight is 393 g/mol. The molecule has 8 heteroatoms. The number of oxazole rings is 1.